The molecule has 5 nitrogen and oxygen atoms in total. The third kappa shape index (κ3) is 5.45. The molecule has 0 spiro atoms. The molecule has 0 aromatic heterocycles. The first kappa shape index (κ1) is 18.8. The van der Waals surface area contributed by atoms with Crippen molar-refractivity contribution in [1.29, 1.82) is 0 Å². The number of anilines is 2. The van der Waals surface area contributed by atoms with Crippen LogP contribution >= 0.6 is 0 Å². The summed E-state index contributed by atoms with van der Waals surface area (Å²) in [6.07, 6.45) is 9.32. The van der Waals surface area contributed by atoms with Crippen LogP contribution in [0.2, 0.25) is 0 Å². The number of nitrogens with zero attached hydrogens (tertiary/aromatic N) is 2. The molecule has 1 saturated heterocycles. The molecule has 1 N–H and O–H groups in total. The lowest BCUT2D eigenvalue weighted by Gasteiger charge is -2.29. The molecule has 1 aromatic carbocycles. The van der Waals surface area contributed by atoms with Gasteiger partial charge in [-0.15, -0.1) is 0 Å². The van der Waals surface area contributed by atoms with Crippen molar-refractivity contribution >= 4 is 17.3 Å². The largest absolute Gasteiger partial charge is 0.378 e. The molecule has 0 unspecified atom stereocenters. The Kier molecular flexibility index (Phi) is 6.30. The van der Waals surface area contributed by atoms with E-state index in [-0.39, 0.29) is 5.91 Å². The minimum atomic E-state index is 0.122. The fourth-order valence-corrected chi connectivity index (χ4v) is 4.45. The maximum absolute atomic E-state index is 12.6. The van der Waals surface area contributed by atoms with Gasteiger partial charge in [0.15, 0.2) is 0 Å². The van der Waals surface area contributed by atoms with Crippen molar-refractivity contribution in [2.24, 2.45) is 5.92 Å². The Morgan fingerprint density at radius 1 is 1.04 bits per heavy atom. The lowest BCUT2D eigenvalue weighted by Crippen LogP contribution is -2.38. The number of morpholine rings is 1. The van der Waals surface area contributed by atoms with Gasteiger partial charge in [0.2, 0.25) is 5.91 Å². The average Bonchev–Trinajstić information content (AvgIpc) is 3.55. The highest BCUT2D eigenvalue weighted by Crippen LogP contribution is 2.31. The molecule has 0 bridgehead atoms. The fourth-order valence-electron chi connectivity index (χ4n) is 4.45. The summed E-state index contributed by atoms with van der Waals surface area (Å²) in [7, 11) is 0. The molecule has 1 heterocycles. The number of hydrogen-bond acceptors (Lipinski definition) is 4. The summed E-state index contributed by atoms with van der Waals surface area (Å²) < 4.78 is 5.41. The van der Waals surface area contributed by atoms with Crippen molar-refractivity contribution < 1.29 is 9.53 Å². The van der Waals surface area contributed by atoms with Gasteiger partial charge in [-0.3, -0.25) is 9.69 Å². The second-order valence-corrected chi connectivity index (χ2v) is 8.36. The number of benzene rings is 1. The van der Waals surface area contributed by atoms with Gasteiger partial charge in [0, 0.05) is 37.1 Å². The van der Waals surface area contributed by atoms with Crippen LogP contribution in [-0.2, 0) is 9.53 Å². The van der Waals surface area contributed by atoms with Crippen LogP contribution in [0.5, 0.6) is 0 Å². The van der Waals surface area contributed by atoms with Crippen LogP contribution in [0.15, 0.2) is 24.3 Å². The zero-order valence-electron chi connectivity index (χ0n) is 16.4. The molecule has 148 valence electrons. The van der Waals surface area contributed by atoms with Gasteiger partial charge >= 0.3 is 0 Å². The zero-order valence-corrected chi connectivity index (χ0v) is 16.4. The fraction of sp³-hybridized carbons (Fsp3) is 0.682. The van der Waals surface area contributed by atoms with Gasteiger partial charge in [0.25, 0.3) is 0 Å². The first-order chi connectivity index (χ1) is 13.3. The summed E-state index contributed by atoms with van der Waals surface area (Å²) in [5.74, 6) is 0.914. The van der Waals surface area contributed by atoms with E-state index in [1.807, 2.05) is 12.1 Å². The van der Waals surface area contributed by atoms with Crippen LogP contribution in [0, 0.1) is 5.92 Å². The molecule has 3 fully saturated rings. The minimum Gasteiger partial charge on any atom is -0.378 e. The Balaban J connectivity index is 1.28. The highest BCUT2D eigenvalue weighted by molar-refractivity contribution is 5.92. The van der Waals surface area contributed by atoms with E-state index in [0.717, 1.165) is 44.5 Å². The standard InChI is InChI=1S/C22H33N3O2/c26-22(17-25(21-10-11-21)16-18-4-2-1-3-5-18)23-19-6-8-20(9-7-19)24-12-14-27-15-13-24/h6-9,18,21H,1-5,10-17H2,(H,23,26). The molecule has 0 atom stereocenters. The minimum absolute atomic E-state index is 0.122. The Morgan fingerprint density at radius 3 is 2.41 bits per heavy atom. The summed E-state index contributed by atoms with van der Waals surface area (Å²) in [5, 5.41) is 3.10. The van der Waals surface area contributed by atoms with Gasteiger partial charge < -0.3 is 15.0 Å². The van der Waals surface area contributed by atoms with Crippen molar-refractivity contribution in [3.8, 4) is 0 Å². The molecule has 2 saturated carbocycles. The molecule has 3 aliphatic rings. The van der Waals surface area contributed by atoms with Crippen molar-refractivity contribution in [2.75, 3.05) is 49.6 Å². The smallest absolute Gasteiger partial charge is 0.238 e. The van der Waals surface area contributed by atoms with Crippen LogP contribution in [-0.4, -0.2) is 56.2 Å². The summed E-state index contributed by atoms with van der Waals surface area (Å²) in [5.41, 5.74) is 2.10. The molecule has 1 aromatic rings. The third-order valence-electron chi connectivity index (χ3n) is 6.15. The lowest BCUT2D eigenvalue weighted by atomic mass is 9.89. The molecule has 1 amide bonds. The Labute approximate surface area is 163 Å². The Hall–Kier alpha value is -1.59. The van der Waals surface area contributed by atoms with E-state index in [1.54, 1.807) is 0 Å². The van der Waals surface area contributed by atoms with Gasteiger partial charge in [0.1, 0.15) is 0 Å². The summed E-state index contributed by atoms with van der Waals surface area (Å²) in [6.45, 7) is 5.08. The van der Waals surface area contributed by atoms with E-state index in [4.69, 9.17) is 4.74 Å². The number of ether oxygens (including phenoxy) is 1. The average molecular weight is 372 g/mol. The topological polar surface area (TPSA) is 44.8 Å². The molecule has 27 heavy (non-hydrogen) atoms. The van der Waals surface area contributed by atoms with E-state index in [1.165, 1.54) is 50.6 Å². The first-order valence-electron chi connectivity index (χ1n) is 10.7. The van der Waals surface area contributed by atoms with Crippen LogP contribution in [0.3, 0.4) is 0 Å². The number of rotatable bonds is 7. The lowest BCUT2D eigenvalue weighted by molar-refractivity contribution is -0.117. The highest BCUT2D eigenvalue weighted by Gasteiger charge is 2.32. The second-order valence-electron chi connectivity index (χ2n) is 8.36. The maximum atomic E-state index is 12.6. The maximum Gasteiger partial charge on any atom is 0.238 e. The number of carbonyl (C=O) groups is 1. The number of hydrogen-bond donors (Lipinski definition) is 1. The van der Waals surface area contributed by atoms with Gasteiger partial charge in [0.05, 0.1) is 19.8 Å². The van der Waals surface area contributed by atoms with Crippen LogP contribution in [0.1, 0.15) is 44.9 Å². The van der Waals surface area contributed by atoms with Gasteiger partial charge in [-0.05, 0) is 55.9 Å². The monoisotopic (exact) mass is 371 g/mol. The number of amides is 1. The zero-order chi connectivity index (χ0) is 18.5. The molecular formula is C22H33N3O2. The van der Waals surface area contributed by atoms with E-state index in [0.29, 0.717) is 12.6 Å². The van der Waals surface area contributed by atoms with Gasteiger partial charge in [-0.2, -0.15) is 0 Å². The highest BCUT2D eigenvalue weighted by atomic mass is 16.5. The second kappa shape index (κ2) is 9.07. The molecule has 5 heteroatoms. The quantitative estimate of drug-likeness (QED) is 0.797. The van der Waals surface area contributed by atoms with Crippen molar-refractivity contribution in [2.45, 2.75) is 51.0 Å². The van der Waals surface area contributed by atoms with Crippen LogP contribution < -0.4 is 10.2 Å². The molecular weight excluding hydrogens is 338 g/mol. The molecule has 2 aliphatic carbocycles. The van der Waals surface area contributed by atoms with E-state index < -0.39 is 0 Å². The SMILES string of the molecule is O=C(CN(CC1CCCCC1)C1CC1)Nc1ccc(N2CCOCC2)cc1. The Morgan fingerprint density at radius 2 is 1.74 bits per heavy atom. The van der Waals surface area contributed by atoms with Crippen LogP contribution in [0.25, 0.3) is 0 Å². The van der Waals surface area contributed by atoms with Crippen molar-refractivity contribution in [3.05, 3.63) is 24.3 Å². The molecule has 0 radical (unpaired) electrons. The summed E-state index contributed by atoms with van der Waals surface area (Å²) >= 11 is 0. The predicted molar refractivity (Wildman–Crippen MR) is 109 cm³/mol. The van der Waals surface area contributed by atoms with Gasteiger partial charge in [-0.1, -0.05) is 19.3 Å². The summed E-state index contributed by atoms with van der Waals surface area (Å²) in [6, 6.07) is 8.88. The molecule has 1 aliphatic heterocycles. The van der Waals surface area contributed by atoms with Crippen molar-refractivity contribution in [1.82, 2.24) is 4.90 Å². The van der Waals surface area contributed by atoms with Crippen LogP contribution in [0.4, 0.5) is 11.4 Å². The van der Waals surface area contributed by atoms with E-state index in [2.05, 4.69) is 27.2 Å². The predicted octanol–water partition coefficient (Wildman–Crippen LogP) is 3.51. The number of carbonyl (C=O) groups excluding carboxylic acids is 1. The van der Waals surface area contributed by atoms with E-state index in [9.17, 15) is 4.79 Å². The Bertz CT molecular complexity index is 602. The summed E-state index contributed by atoms with van der Waals surface area (Å²) in [4.78, 5) is 17.4. The van der Waals surface area contributed by atoms with Gasteiger partial charge in [-0.25, -0.2) is 0 Å². The normalized spacial score (nSPS) is 21.4. The number of nitrogens with one attached hydrogen (secondary N) is 1. The van der Waals surface area contributed by atoms with Crippen molar-refractivity contribution in [3.63, 3.8) is 0 Å². The first-order valence-corrected chi connectivity index (χ1v) is 10.7. The third-order valence-corrected chi connectivity index (χ3v) is 6.15. The molecule has 4 rings (SSSR count). The van der Waals surface area contributed by atoms with E-state index >= 15 is 0 Å².